The van der Waals surface area contributed by atoms with Crippen molar-refractivity contribution in [2.24, 2.45) is 5.10 Å². The van der Waals surface area contributed by atoms with E-state index < -0.39 is 4.92 Å². The molecule has 2 N–H and O–H groups in total. The van der Waals surface area contributed by atoms with Crippen LogP contribution in [0.15, 0.2) is 41.5 Å². The molecule has 120 valence electrons. The van der Waals surface area contributed by atoms with Gasteiger partial charge in [0.15, 0.2) is 11.5 Å². The number of nitrogens with one attached hydrogen (secondary N) is 1. The van der Waals surface area contributed by atoms with E-state index in [4.69, 9.17) is 16.3 Å². The summed E-state index contributed by atoms with van der Waals surface area (Å²) in [6.45, 7) is 2.19. The molecule has 0 atom stereocenters. The highest BCUT2D eigenvalue weighted by atomic mass is 35.5. The van der Waals surface area contributed by atoms with E-state index in [9.17, 15) is 15.2 Å². The lowest BCUT2D eigenvalue weighted by molar-refractivity contribution is -0.384. The first-order valence-electron chi connectivity index (χ1n) is 6.70. The number of hydrazone groups is 1. The average Bonchev–Trinajstić information content (AvgIpc) is 2.53. The van der Waals surface area contributed by atoms with Crippen molar-refractivity contribution < 1.29 is 14.8 Å². The fourth-order valence-corrected chi connectivity index (χ4v) is 1.99. The summed E-state index contributed by atoms with van der Waals surface area (Å²) in [6.07, 6.45) is 1.50. The maximum Gasteiger partial charge on any atom is 0.269 e. The van der Waals surface area contributed by atoms with E-state index in [1.54, 1.807) is 31.2 Å². The maximum atomic E-state index is 10.6. The van der Waals surface area contributed by atoms with Crippen LogP contribution in [0.5, 0.6) is 11.5 Å². The number of hydrogen-bond donors (Lipinski definition) is 2. The van der Waals surface area contributed by atoms with Crippen molar-refractivity contribution in [1.29, 1.82) is 0 Å². The molecule has 0 amide bonds. The van der Waals surface area contributed by atoms with Crippen molar-refractivity contribution in [3.05, 3.63) is 57.1 Å². The predicted molar refractivity (Wildman–Crippen MR) is 88.6 cm³/mol. The number of nitrogens with zero attached hydrogens (tertiary/aromatic N) is 2. The molecular formula is C15H14ClN3O4. The Morgan fingerprint density at radius 2 is 2.09 bits per heavy atom. The van der Waals surface area contributed by atoms with Crippen LogP contribution < -0.4 is 10.2 Å². The van der Waals surface area contributed by atoms with Gasteiger partial charge in [-0.1, -0.05) is 11.6 Å². The molecule has 0 aromatic heterocycles. The second kappa shape index (κ2) is 7.46. The van der Waals surface area contributed by atoms with Crippen molar-refractivity contribution in [1.82, 2.24) is 0 Å². The van der Waals surface area contributed by atoms with Crippen LogP contribution in [0.3, 0.4) is 0 Å². The molecule has 2 aromatic carbocycles. The fraction of sp³-hybridized carbons (Fsp3) is 0.133. The number of anilines is 1. The van der Waals surface area contributed by atoms with Crippen molar-refractivity contribution in [2.45, 2.75) is 6.92 Å². The van der Waals surface area contributed by atoms with Gasteiger partial charge in [0.25, 0.3) is 5.69 Å². The van der Waals surface area contributed by atoms with Crippen LogP contribution in [0, 0.1) is 10.1 Å². The number of hydrogen-bond acceptors (Lipinski definition) is 6. The molecule has 8 heteroatoms. The number of nitro groups is 1. The van der Waals surface area contributed by atoms with Crippen LogP contribution in [-0.4, -0.2) is 22.9 Å². The number of benzene rings is 2. The lowest BCUT2D eigenvalue weighted by Crippen LogP contribution is -1.95. The predicted octanol–water partition coefficient (Wildman–Crippen LogP) is 3.80. The number of phenolic OH excluding ortho intramolecular Hbond substituents is 1. The molecule has 0 heterocycles. The Kier molecular flexibility index (Phi) is 5.37. The number of ether oxygens (including phenoxy) is 1. The van der Waals surface area contributed by atoms with E-state index in [1.165, 1.54) is 18.3 Å². The third-order valence-corrected chi connectivity index (χ3v) is 3.12. The third kappa shape index (κ3) is 4.33. The molecule has 0 saturated heterocycles. The second-order valence-electron chi connectivity index (χ2n) is 4.46. The molecule has 0 aliphatic heterocycles. The van der Waals surface area contributed by atoms with Gasteiger partial charge >= 0.3 is 0 Å². The molecule has 0 bridgehead atoms. The van der Waals surface area contributed by atoms with Crippen LogP contribution in [0.25, 0.3) is 0 Å². The highest BCUT2D eigenvalue weighted by Crippen LogP contribution is 2.34. The Labute approximate surface area is 137 Å². The van der Waals surface area contributed by atoms with Gasteiger partial charge in [-0.15, -0.1) is 0 Å². The SMILES string of the molecule is CCOc1cc(/C=N/Nc2ccc([N+](=O)[O-])cc2)cc(Cl)c1O. The van der Waals surface area contributed by atoms with Gasteiger partial charge in [0.05, 0.1) is 28.5 Å². The van der Waals surface area contributed by atoms with E-state index in [1.807, 2.05) is 0 Å². The van der Waals surface area contributed by atoms with Crippen LogP contribution in [-0.2, 0) is 0 Å². The Hall–Kier alpha value is -2.80. The number of halogens is 1. The van der Waals surface area contributed by atoms with Crippen molar-refractivity contribution in [3.8, 4) is 11.5 Å². The summed E-state index contributed by atoms with van der Waals surface area (Å²) < 4.78 is 5.28. The van der Waals surface area contributed by atoms with Crippen LogP contribution in [0.2, 0.25) is 5.02 Å². The van der Waals surface area contributed by atoms with E-state index in [2.05, 4.69) is 10.5 Å². The first kappa shape index (κ1) is 16.6. The molecule has 0 unspecified atom stereocenters. The van der Waals surface area contributed by atoms with Gasteiger partial charge in [0.2, 0.25) is 0 Å². The average molecular weight is 336 g/mol. The van der Waals surface area contributed by atoms with Crippen LogP contribution in [0.1, 0.15) is 12.5 Å². The molecule has 0 radical (unpaired) electrons. The Balaban J connectivity index is 2.09. The summed E-state index contributed by atoms with van der Waals surface area (Å²) in [5.74, 6) is 0.158. The fourth-order valence-electron chi connectivity index (χ4n) is 1.77. The number of rotatable bonds is 6. The summed E-state index contributed by atoms with van der Waals surface area (Å²) in [4.78, 5) is 10.1. The molecule has 2 rings (SSSR count). The van der Waals surface area contributed by atoms with E-state index in [0.29, 0.717) is 17.9 Å². The highest BCUT2D eigenvalue weighted by molar-refractivity contribution is 6.32. The normalized spacial score (nSPS) is 10.7. The van der Waals surface area contributed by atoms with Gasteiger partial charge in [-0.25, -0.2) is 0 Å². The zero-order valence-electron chi connectivity index (χ0n) is 12.2. The minimum Gasteiger partial charge on any atom is -0.503 e. The largest absolute Gasteiger partial charge is 0.503 e. The second-order valence-corrected chi connectivity index (χ2v) is 4.86. The van der Waals surface area contributed by atoms with E-state index >= 15 is 0 Å². The number of aromatic hydroxyl groups is 1. The minimum absolute atomic E-state index is 0.00574. The summed E-state index contributed by atoms with van der Waals surface area (Å²) >= 11 is 5.92. The molecule has 0 fully saturated rings. The smallest absolute Gasteiger partial charge is 0.269 e. The zero-order chi connectivity index (χ0) is 16.8. The minimum atomic E-state index is -0.471. The van der Waals surface area contributed by atoms with Crippen molar-refractivity contribution in [3.63, 3.8) is 0 Å². The molecular weight excluding hydrogens is 322 g/mol. The quantitative estimate of drug-likeness (QED) is 0.475. The van der Waals surface area contributed by atoms with Gasteiger partial charge < -0.3 is 9.84 Å². The Morgan fingerprint density at radius 3 is 2.70 bits per heavy atom. The first-order valence-corrected chi connectivity index (χ1v) is 7.08. The topological polar surface area (TPSA) is 97.0 Å². The van der Waals surface area contributed by atoms with Gasteiger partial charge in [0, 0.05) is 12.1 Å². The molecule has 2 aromatic rings. The van der Waals surface area contributed by atoms with Crippen LogP contribution in [0.4, 0.5) is 11.4 Å². The lowest BCUT2D eigenvalue weighted by atomic mass is 10.2. The van der Waals surface area contributed by atoms with Gasteiger partial charge in [-0.05, 0) is 36.8 Å². The number of non-ortho nitro benzene ring substituents is 1. The molecule has 0 aliphatic carbocycles. The highest BCUT2D eigenvalue weighted by Gasteiger charge is 2.08. The monoisotopic (exact) mass is 335 g/mol. The molecule has 7 nitrogen and oxygen atoms in total. The summed E-state index contributed by atoms with van der Waals surface area (Å²) in [5, 5.41) is 24.5. The summed E-state index contributed by atoms with van der Waals surface area (Å²) in [7, 11) is 0. The summed E-state index contributed by atoms with van der Waals surface area (Å²) in [5.41, 5.74) is 3.98. The Morgan fingerprint density at radius 1 is 1.39 bits per heavy atom. The molecule has 0 aliphatic rings. The first-order chi connectivity index (χ1) is 11.0. The van der Waals surface area contributed by atoms with Crippen LogP contribution >= 0.6 is 11.6 Å². The molecule has 23 heavy (non-hydrogen) atoms. The lowest BCUT2D eigenvalue weighted by Gasteiger charge is -2.08. The maximum absolute atomic E-state index is 10.6. The zero-order valence-corrected chi connectivity index (χ0v) is 12.9. The van der Waals surface area contributed by atoms with Gasteiger partial charge in [-0.3, -0.25) is 15.5 Å². The van der Waals surface area contributed by atoms with E-state index in [0.717, 1.165) is 0 Å². The molecule has 0 saturated carbocycles. The van der Waals surface area contributed by atoms with Gasteiger partial charge in [-0.2, -0.15) is 5.10 Å². The number of nitro benzene ring substituents is 1. The third-order valence-electron chi connectivity index (χ3n) is 2.84. The van der Waals surface area contributed by atoms with Gasteiger partial charge in [0.1, 0.15) is 0 Å². The van der Waals surface area contributed by atoms with Crippen molar-refractivity contribution in [2.75, 3.05) is 12.0 Å². The summed E-state index contributed by atoms with van der Waals surface area (Å²) in [6, 6.07) is 8.99. The molecule has 0 spiro atoms. The van der Waals surface area contributed by atoms with Crippen molar-refractivity contribution >= 4 is 29.2 Å². The van der Waals surface area contributed by atoms with E-state index in [-0.39, 0.29) is 22.2 Å². The number of phenols is 1. The standard InChI is InChI=1S/C15H14ClN3O4/c1-2-23-14-8-10(7-13(16)15(14)20)9-17-18-11-3-5-12(6-4-11)19(21)22/h3-9,18,20H,2H2,1H3/b17-9+. The Bertz CT molecular complexity index is 732.